The molecule has 0 aliphatic carbocycles. The molecule has 1 fully saturated rings. The number of rotatable bonds is 4. The lowest BCUT2D eigenvalue weighted by Crippen LogP contribution is -2.46. The summed E-state index contributed by atoms with van der Waals surface area (Å²) in [6.45, 7) is 7.23. The van der Waals surface area contributed by atoms with E-state index in [1.807, 2.05) is 56.2 Å². The predicted octanol–water partition coefficient (Wildman–Crippen LogP) is 3.07. The number of benzene rings is 1. The van der Waals surface area contributed by atoms with Crippen LogP contribution in [0.3, 0.4) is 0 Å². The van der Waals surface area contributed by atoms with E-state index in [4.69, 9.17) is 9.57 Å². The van der Waals surface area contributed by atoms with E-state index in [2.05, 4.69) is 6.07 Å². The van der Waals surface area contributed by atoms with Crippen molar-refractivity contribution in [3.63, 3.8) is 0 Å². The second kappa shape index (κ2) is 7.12. The third-order valence-corrected chi connectivity index (χ3v) is 3.80. The zero-order valence-corrected chi connectivity index (χ0v) is 14.0. The van der Waals surface area contributed by atoms with Crippen LogP contribution in [0.1, 0.15) is 39.2 Å². The van der Waals surface area contributed by atoms with Gasteiger partial charge in [-0.2, -0.15) is 10.3 Å². The van der Waals surface area contributed by atoms with Gasteiger partial charge < -0.3 is 4.74 Å². The molecule has 0 atom stereocenters. The first-order valence-electron chi connectivity index (χ1n) is 7.91. The Morgan fingerprint density at radius 3 is 2.39 bits per heavy atom. The van der Waals surface area contributed by atoms with Crippen molar-refractivity contribution >= 4 is 5.97 Å². The maximum absolute atomic E-state index is 12.4. The zero-order valence-electron chi connectivity index (χ0n) is 14.0. The zero-order chi connectivity index (χ0) is 16.9. The second-order valence-electron chi connectivity index (χ2n) is 6.89. The Bertz CT molecular complexity index is 564. The molecule has 124 valence electrons. The molecule has 0 bridgehead atoms. The van der Waals surface area contributed by atoms with Gasteiger partial charge in [-0.15, -0.1) is 0 Å². The molecule has 0 saturated carbocycles. The van der Waals surface area contributed by atoms with Crippen molar-refractivity contribution in [2.24, 2.45) is 5.41 Å². The number of piperidine rings is 1. The van der Waals surface area contributed by atoms with Crippen molar-refractivity contribution in [3.8, 4) is 6.07 Å². The Hall–Kier alpha value is -1.90. The first-order chi connectivity index (χ1) is 10.8. The van der Waals surface area contributed by atoms with Crippen molar-refractivity contribution in [2.75, 3.05) is 13.1 Å². The van der Waals surface area contributed by atoms with Crippen molar-refractivity contribution in [1.29, 1.82) is 5.26 Å². The minimum Gasteiger partial charge on any atom is -0.460 e. The summed E-state index contributed by atoms with van der Waals surface area (Å²) in [5, 5.41) is 11.4. The molecular weight excluding hydrogens is 292 g/mol. The number of ether oxygens (including phenoxy) is 1. The second-order valence-corrected chi connectivity index (χ2v) is 6.89. The van der Waals surface area contributed by atoms with Gasteiger partial charge in [0.1, 0.15) is 6.61 Å². The highest BCUT2D eigenvalue weighted by atomic mass is 16.7. The molecule has 0 aromatic heterocycles. The van der Waals surface area contributed by atoms with E-state index >= 15 is 0 Å². The number of nitriles is 1. The number of esters is 1. The average molecular weight is 316 g/mol. The smallest absolute Gasteiger partial charge is 0.326 e. The molecule has 5 heteroatoms. The quantitative estimate of drug-likeness (QED) is 0.799. The van der Waals surface area contributed by atoms with E-state index in [9.17, 15) is 10.1 Å². The SMILES string of the molecule is CC(C)(C)ON1CCC(C#N)(C(=O)OCc2ccccc2)CC1. The van der Waals surface area contributed by atoms with Crippen LogP contribution in [0.25, 0.3) is 0 Å². The summed E-state index contributed by atoms with van der Waals surface area (Å²) in [4.78, 5) is 18.2. The lowest BCUT2D eigenvalue weighted by Gasteiger charge is -2.37. The summed E-state index contributed by atoms with van der Waals surface area (Å²) in [5.74, 6) is -0.431. The number of carbonyl (C=O) groups excluding carboxylic acids is 1. The molecule has 1 aromatic carbocycles. The van der Waals surface area contributed by atoms with Gasteiger partial charge in [-0.05, 0) is 39.2 Å². The molecule has 1 aliphatic heterocycles. The molecule has 1 aliphatic rings. The lowest BCUT2D eigenvalue weighted by molar-refractivity contribution is -0.242. The topological polar surface area (TPSA) is 62.6 Å². The van der Waals surface area contributed by atoms with Crippen LogP contribution in [-0.2, 0) is 21.0 Å². The predicted molar refractivity (Wildman–Crippen MR) is 85.9 cm³/mol. The summed E-state index contributed by atoms with van der Waals surface area (Å²) < 4.78 is 5.38. The molecule has 1 heterocycles. The summed E-state index contributed by atoms with van der Waals surface area (Å²) >= 11 is 0. The molecule has 0 unspecified atom stereocenters. The standard InChI is InChI=1S/C18H24N2O3/c1-17(2,3)23-20-11-9-18(14-19,10-12-20)16(21)22-13-15-7-5-4-6-8-15/h4-8H,9-13H2,1-3H3. The summed E-state index contributed by atoms with van der Waals surface area (Å²) in [7, 11) is 0. The van der Waals surface area contributed by atoms with Crippen molar-refractivity contribution in [3.05, 3.63) is 35.9 Å². The fraction of sp³-hybridized carbons (Fsp3) is 0.556. The Kier molecular flexibility index (Phi) is 5.40. The maximum atomic E-state index is 12.4. The highest BCUT2D eigenvalue weighted by Gasteiger charge is 2.44. The summed E-state index contributed by atoms with van der Waals surface area (Å²) in [6, 6.07) is 11.7. The molecule has 5 nitrogen and oxygen atoms in total. The van der Waals surface area contributed by atoms with Crippen LogP contribution in [0, 0.1) is 16.7 Å². The van der Waals surface area contributed by atoms with E-state index < -0.39 is 11.4 Å². The van der Waals surface area contributed by atoms with E-state index in [-0.39, 0.29) is 12.2 Å². The fourth-order valence-electron chi connectivity index (χ4n) is 2.57. The normalized spacial score (nSPS) is 18.2. The van der Waals surface area contributed by atoms with Crippen LogP contribution >= 0.6 is 0 Å². The monoisotopic (exact) mass is 316 g/mol. The van der Waals surface area contributed by atoms with E-state index in [0.717, 1.165) is 5.56 Å². The molecule has 0 N–H and O–H groups in total. The third kappa shape index (κ3) is 4.78. The van der Waals surface area contributed by atoms with Crippen LogP contribution in [0.15, 0.2) is 30.3 Å². The minimum absolute atomic E-state index is 0.200. The largest absolute Gasteiger partial charge is 0.460 e. The van der Waals surface area contributed by atoms with Crippen LogP contribution in [0.2, 0.25) is 0 Å². The van der Waals surface area contributed by atoms with E-state index in [1.54, 1.807) is 0 Å². The van der Waals surface area contributed by atoms with Gasteiger partial charge in [0.2, 0.25) is 0 Å². The third-order valence-electron chi connectivity index (χ3n) is 3.80. The van der Waals surface area contributed by atoms with E-state index in [1.165, 1.54) is 0 Å². The molecule has 0 amide bonds. The van der Waals surface area contributed by atoms with Gasteiger partial charge >= 0.3 is 5.97 Å². The van der Waals surface area contributed by atoms with Crippen molar-refractivity contribution < 1.29 is 14.4 Å². The number of carbonyl (C=O) groups is 1. The number of hydrogen-bond donors (Lipinski definition) is 0. The van der Waals surface area contributed by atoms with Crippen molar-refractivity contribution in [1.82, 2.24) is 5.06 Å². The number of hydroxylamine groups is 2. The van der Waals surface area contributed by atoms with E-state index in [0.29, 0.717) is 25.9 Å². The van der Waals surface area contributed by atoms with Gasteiger partial charge in [-0.1, -0.05) is 30.3 Å². The minimum atomic E-state index is -1.06. The molecule has 1 aromatic rings. The molecular formula is C18H24N2O3. The van der Waals surface area contributed by atoms with Gasteiger partial charge in [-0.25, -0.2) is 0 Å². The lowest BCUT2D eigenvalue weighted by atomic mass is 9.80. The van der Waals surface area contributed by atoms with Gasteiger partial charge in [0.15, 0.2) is 5.41 Å². The molecule has 0 spiro atoms. The highest BCUT2D eigenvalue weighted by molar-refractivity contribution is 5.80. The Balaban J connectivity index is 1.92. The van der Waals surface area contributed by atoms with Gasteiger partial charge in [0.25, 0.3) is 0 Å². The fourth-order valence-corrected chi connectivity index (χ4v) is 2.57. The van der Waals surface area contributed by atoms with Crippen LogP contribution in [0.4, 0.5) is 0 Å². The van der Waals surface area contributed by atoms with Crippen molar-refractivity contribution in [2.45, 2.75) is 45.8 Å². The molecule has 2 rings (SSSR count). The van der Waals surface area contributed by atoms with Gasteiger partial charge in [0.05, 0.1) is 11.7 Å². The summed E-state index contributed by atoms with van der Waals surface area (Å²) in [6.07, 6.45) is 0.848. The maximum Gasteiger partial charge on any atom is 0.326 e. The van der Waals surface area contributed by atoms with Crippen LogP contribution < -0.4 is 0 Å². The van der Waals surface area contributed by atoms with Crippen LogP contribution in [-0.4, -0.2) is 29.7 Å². The summed E-state index contributed by atoms with van der Waals surface area (Å²) in [5.41, 5.74) is -0.421. The first kappa shape index (κ1) is 17.5. The average Bonchev–Trinajstić information content (AvgIpc) is 2.53. The molecule has 23 heavy (non-hydrogen) atoms. The highest BCUT2D eigenvalue weighted by Crippen LogP contribution is 2.33. The number of hydrogen-bond acceptors (Lipinski definition) is 5. The first-order valence-corrected chi connectivity index (χ1v) is 7.91. The van der Waals surface area contributed by atoms with Gasteiger partial charge in [0, 0.05) is 13.1 Å². The Labute approximate surface area is 137 Å². The van der Waals surface area contributed by atoms with Crippen LogP contribution in [0.5, 0.6) is 0 Å². The Morgan fingerprint density at radius 2 is 1.87 bits per heavy atom. The Morgan fingerprint density at radius 1 is 1.26 bits per heavy atom. The molecule has 1 saturated heterocycles. The number of nitrogens with zero attached hydrogens (tertiary/aromatic N) is 2. The molecule has 0 radical (unpaired) electrons. The van der Waals surface area contributed by atoms with Gasteiger partial charge in [-0.3, -0.25) is 9.63 Å².